The summed E-state index contributed by atoms with van der Waals surface area (Å²) in [6.07, 6.45) is 3.38. The van der Waals surface area contributed by atoms with Gasteiger partial charge < -0.3 is 9.84 Å². The molecule has 0 saturated carbocycles. The van der Waals surface area contributed by atoms with E-state index >= 15 is 0 Å². The van der Waals surface area contributed by atoms with Crippen LogP contribution < -0.4 is 0 Å². The topological polar surface area (TPSA) is 46.5 Å². The summed E-state index contributed by atoms with van der Waals surface area (Å²) < 4.78 is 5.20. The zero-order valence-electron chi connectivity index (χ0n) is 7.32. The highest BCUT2D eigenvalue weighted by molar-refractivity contribution is 5.99. The molecule has 1 N–H and O–H groups in total. The molecule has 1 aliphatic heterocycles. The predicted octanol–water partition coefficient (Wildman–Crippen LogP) is 1.88. The monoisotopic (exact) mass is 180 g/mol. The second-order valence-electron chi connectivity index (χ2n) is 2.76. The third-order valence-corrected chi connectivity index (χ3v) is 1.78. The zero-order valence-corrected chi connectivity index (χ0v) is 7.32. The lowest BCUT2D eigenvalue weighted by atomic mass is 10.1. The number of ketones is 1. The first kappa shape index (κ1) is 9.58. The zero-order chi connectivity index (χ0) is 9.84. The Morgan fingerprint density at radius 2 is 2.15 bits per heavy atom. The molecule has 1 unspecified atom stereocenters. The van der Waals surface area contributed by atoms with Crippen molar-refractivity contribution < 1.29 is 14.6 Å². The molecule has 0 aromatic carbocycles. The van der Waals surface area contributed by atoms with Crippen molar-refractivity contribution in [3.8, 4) is 0 Å². The van der Waals surface area contributed by atoms with Gasteiger partial charge in [-0.2, -0.15) is 0 Å². The van der Waals surface area contributed by atoms with Gasteiger partial charge in [0.2, 0.25) is 11.5 Å². The normalized spacial score (nSPS) is 21.5. The van der Waals surface area contributed by atoms with Gasteiger partial charge in [-0.15, -0.1) is 13.2 Å². The second-order valence-corrected chi connectivity index (χ2v) is 2.76. The summed E-state index contributed by atoms with van der Waals surface area (Å²) >= 11 is 0. The molecule has 1 rings (SSSR count). The van der Waals surface area contributed by atoms with Crippen LogP contribution >= 0.6 is 0 Å². The van der Waals surface area contributed by atoms with Crippen molar-refractivity contribution in [3.05, 3.63) is 36.8 Å². The number of hydrogen-bond acceptors (Lipinski definition) is 3. The number of carbonyl (C=O) groups excluding carboxylic acids is 1. The maximum absolute atomic E-state index is 11.3. The van der Waals surface area contributed by atoms with E-state index < -0.39 is 6.10 Å². The van der Waals surface area contributed by atoms with Crippen LogP contribution in [0.15, 0.2) is 36.8 Å². The third-order valence-electron chi connectivity index (χ3n) is 1.78. The first-order valence-corrected chi connectivity index (χ1v) is 4.05. The van der Waals surface area contributed by atoms with Crippen LogP contribution in [0.25, 0.3) is 0 Å². The molecule has 70 valence electrons. The van der Waals surface area contributed by atoms with Crippen molar-refractivity contribution in [3.63, 3.8) is 0 Å². The van der Waals surface area contributed by atoms with E-state index in [4.69, 9.17) is 4.74 Å². The van der Waals surface area contributed by atoms with Gasteiger partial charge in [-0.1, -0.05) is 12.2 Å². The summed E-state index contributed by atoms with van der Waals surface area (Å²) in [6.45, 7) is 7.00. The molecule has 1 aliphatic rings. The molecule has 3 heteroatoms. The first-order chi connectivity index (χ1) is 6.20. The highest BCUT2D eigenvalue weighted by Crippen LogP contribution is 2.24. The van der Waals surface area contributed by atoms with E-state index in [9.17, 15) is 9.90 Å². The van der Waals surface area contributed by atoms with Crippen LogP contribution in [0.5, 0.6) is 0 Å². The molecule has 0 aliphatic carbocycles. The van der Waals surface area contributed by atoms with E-state index in [0.29, 0.717) is 18.6 Å². The summed E-state index contributed by atoms with van der Waals surface area (Å²) in [5.41, 5.74) is 0. The van der Waals surface area contributed by atoms with Gasteiger partial charge >= 0.3 is 0 Å². The first-order valence-electron chi connectivity index (χ1n) is 4.05. The maximum Gasteiger partial charge on any atom is 0.241 e. The van der Waals surface area contributed by atoms with Gasteiger partial charge in [0.15, 0.2) is 6.10 Å². The van der Waals surface area contributed by atoms with E-state index in [2.05, 4.69) is 13.2 Å². The quantitative estimate of drug-likeness (QED) is 0.672. The molecular formula is C10H12O3. The highest BCUT2D eigenvalue weighted by Gasteiger charge is 2.33. The SMILES string of the molecule is C=CCC1=C(O)C(=O)C(CC=C)O1. The summed E-state index contributed by atoms with van der Waals surface area (Å²) in [5.74, 6) is -0.324. The lowest BCUT2D eigenvalue weighted by Crippen LogP contribution is -2.17. The predicted molar refractivity (Wildman–Crippen MR) is 49.2 cm³/mol. The Hall–Kier alpha value is -1.51. The Morgan fingerprint density at radius 1 is 1.46 bits per heavy atom. The van der Waals surface area contributed by atoms with Crippen molar-refractivity contribution >= 4 is 5.78 Å². The standard InChI is InChI=1S/C10H12O3/c1-3-5-7-9(11)10(12)8(13-7)6-4-2/h3-4,7,12H,1-2,5-6H2. The van der Waals surface area contributed by atoms with Crippen molar-refractivity contribution in [1.29, 1.82) is 0 Å². The summed E-state index contributed by atoms with van der Waals surface area (Å²) in [7, 11) is 0. The van der Waals surface area contributed by atoms with E-state index in [-0.39, 0.29) is 11.5 Å². The van der Waals surface area contributed by atoms with Crippen LogP contribution in [0.1, 0.15) is 12.8 Å². The van der Waals surface area contributed by atoms with Gasteiger partial charge in [0.05, 0.1) is 0 Å². The fraction of sp³-hybridized carbons (Fsp3) is 0.300. The van der Waals surface area contributed by atoms with Gasteiger partial charge in [-0.05, 0) is 0 Å². The summed E-state index contributed by atoms with van der Waals surface area (Å²) in [4.78, 5) is 11.3. The molecule has 0 amide bonds. The van der Waals surface area contributed by atoms with Crippen LogP contribution in [-0.2, 0) is 9.53 Å². The van der Waals surface area contributed by atoms with Crippen LogP contribution in [-0.4, -0.2) is 17.0 Å². The molecule has 13 heavy (non-hydrogen) atoms. The molecule has 0 bridgehead atoms. The maximum atomic E-state index is 11.3. The smallest absolute Gasteiger partial charge is 0.241 e. The minimum Gasteiger partial charge on any atom is -0.502 e. The molecule has 0 radical (unpaired) electrons. The van der Waals surface area contributed by atoms with Crippen LogP contribution in [0.2, 0.25) is 0 Å². The van der Waals surface area contributed by atoms with Crippen LogP contribution in [0, 0.1) is 0 Å². The minimum atomic E-state index is -0.590. The largest absolute Gasteiger partial charge is 0.502 e. The van der Waals surface area contributed by atoms with Crippen LogP contribution in [0.4, 0.5) is 0 Å². The van der Waals surface area contributed by atoms with Crippen molar-refractivity contribution in [2.24, 2.45) is 0 Å². The van der Waals surface area contributed by atoms with Gasteiger partial charge in [0, 0.05) is 12.8 Å². The molecule has 3 nitrogen and oxygen atoms in total. The molecule has 1 heterocycles. The minimum absolute atomic E-state index is 0.272. The Morgan fingerprint density at radius 3 is 2.69 bits per heavy atom. The fourth-order valence-electron chi connectivity index (χ4n) is 1.15. The fourth-order valence-corrected chi connectivity index (χ4v) is 1.15. The van der Waals surface area contributed by atoms with Gasteiger partial charge in [0.25, 0.3) is 0 Å². The third kappa shape index (κ3) is 1.80. The summed E-state index contributed by atoms with van der Waals surface area (Å²) in [5, 5.41) is 9.31. The highest BCUT2D eigenvalue weighted by atomic mass is 16.5. The van der Waals surface area contributed by atoms with E-state index in [1.165, 1.54) is 0 Å². The van der Waals surface area contributed by atoms with Gasteiger partial charge in [-0.25, -0.2) is 0 Å². The van der Waals surface area contributed by atoms with E-state index in [0.717, 1.165) is 0 Å². The number of ether oxygens (including phenoxy) is 1. The van der Waals surface area contributed by atoms with E-state index in [1.807, 2.05) is 0 Å². The molecule has 1 atom stereocenters. The van der Waals surface area contributed by atoms with Crippen molar-refractivity contribution in [1.82, 2.24) is 0 Å². The number of rotatable bonds is 4. The van der Waals surface area contributed by atoms with Gasteiger partial charge in [-0.3, -0.25) is 4.79 Å². The van der Waals surface area contributed by atoms with Crippen LogP contribution in [0.3, 0.4) is 0 Å². The average Bonchev–Trinajstić information content (AvgIpc) is 2.36. The Balaban J connectivity index is 2.73. The Kier molecular flexibility index (Phi) is 2.90. The van der Waals surface area contributed by atoms with Gasteiger partial charge in [0.1, 0.15) is 5.76 Å². The number of aliphatic hydroxyl groups is 1. The molecular weight excluding hydrogens is 168 g/mol. The van der Waals surface area contributed by atoms with Crippen molar-refractivity contribution in [2.75, 3.05) is 0 Å². The number of carbonyl (C=O) groups is 1. The number of Topliss-reactive ketones (excluding diaryl/α,β-unsaturated/α-hetero) is 1. The molecule has 0 saturated heterocycles. The molecule has 0 aromatic rings. The Bertz CT molecular complexity index is 276. The number of hydrogen-bond donors (Lipinski definition) is 1. The molecule has 0 aromatic heterocycles. The molecule has 0 spiro atoms. The summed E-state index contributed by atoms with van der Waals surface area (Å²) in [6, 6.07) is 0. The second kappa shape index (κ2) is 3.94. The van der Waals surface area contributed by atoms with E-state index in [1.54, 1.807) is 12.2 Å². The number of aliphatic hydroxyl groups excluding tert-OH is 1. The Labute approximate surface area is 77.0 Å². The van der Waals surface area contributed by atoms with Crippen molar-refractivity contribution in [2.45, 2.75) is 18.9 Å². The lowest BCUT2D eigenvalue weighted by Gasteiger charge is -2.06. The average molecular weight is 180 g/mol. The number of allylic oxidation sites excluding steroid dienone is 1. The molecule has 0 fully saturated rings. The lowest BCUT2D eigenvalue weighted by molar-refractivity contribution is -0.122.